The molecule has 1 aliphatic rings. The second kappa shape index (κ2) is 6.70. The van der Waals surface area contributed by atoms with Gasteiger partial charge in [-0.3, -0.25) is 4.90 Å². The van der Waals surface area contributed by atoms with Gasteiger partial charge in [-0.25, -0.2) is 0 Å². The van der Waals surface area contributed by atoms with Crippen LogP contribution in [0, 0.1) is 13.8 Å². The molecular formula is C17H29N3. The zero-order chi connectivity index (χ0) is 14.7. The van der Waals surface area contributed by atoms with E-state index in [9.17, 15) is 0 Å². The van der Waals surface area contributed by atoms with E-state index in [1.807, 2.05) is 0 Å². The molecule has 1 aromatic rings. The van der Waals surface area contributed by atoms with Gasteiger partial charge in [0.1, 0.15) is 0 Å². The van der Waals surface area contributed by atoms with Crippen LogP contribution in [0.2, 0.25) is 0 Å². The minimum atomic E-state index is 0.121. The van der Waals surface area contributed by atoms with E-state index >= 15 is 0 Å². The lowest BCUT2D eigenvalue weighted by atomic mass is 10.0. The number of nitrogens with two attached hydrogens (primary N) is 1. The molecule has 3 heteroatoms. The maximum Gasteiger partial charge on any atom is 0.0424 e. The van der Waals surface area contributed by atoms with Crippen molar-refractivity contribution in [3.05, 3.63) is 34.9 Å². The number of hydrogen-bond acceptors (Lipinski definition) is 3. The van der Waals surface area contributed by atoms with E-state index in [-0.39, 0.29) is 6.04 Å². The molecule has 0 radical (unpaired) electrons. The van der Waals surface area contributed by atoms with Crippen molar-refractivity contribution in [2.45, 2.75) is 39.3 Å². The van der Waals surface area contributed by atoms with Crippen LogP contribution >= 0.6 is 0 Å². The third-order valence-corrected chi connectivity index (χ3v) is 4.75. The van der Waals surface area contributed by atoms with Gasteiger partial charge in [-0.2, -0.15) is 0 Å². The molecular weight excluding hydrogens is 246 g/mol. The van der Waals surface area contributed by atoms with Gasteiger partial charge in [0.25, 0.3) is 0 Å². The number of nitrogens with zero attached hydrogens (tertiary/aromatic N) is 2. The molecule has 0 bridgehead atoms. The molecule has 2 unspecified atom stereocenters. The molecule has 1 aromatic carbocycles. The summed E-state index contributed by atoms with van der Waals surface area (Å²) in [6, 6.07) is 7.41. The molecule has 1 aliphatic heterocycles. The summed E-state index contributed by atoms with van der Waals surface area (Å²) in [5.74, 6) is 0. The van der Waals surface area contributed by atoms with Crippen LogP contribution in [0.3, 0.4) is 0 Å². The van der Waals surface area contributed by atoms with Gasteiger partial charge in [0.15, 0.2) is 0 Å². The first-order valence-electron chi connectivity index (χ1n) is 7.76. The summed E-state index contributed by atoms with van der Waals surface area (Å²) in [6.07, 6.45) is 1.21. The Morgan fingerprint density at radius 3 is 2.65 bits per heavy atom. The van der Waals surface area contributed by atoms with Crippen molar-refractivity contribution in [2.24, 2.45) is 5.73 Å². The molecule has 0 aliphatic carbocycles. The maximum absolute atomic E-state index is 6.41. The lowest BCUT2D eigenvalue weighted by Gasteiger charge is -2.40. The van der Waals surface area contributed by atoms with E-state index in [1.165, 1.54) is 23.1 Å². The van der Waals surface area contributed by atoms with E-state index in [4.69, 9.17) is 5.73 Å². The minimum Gasteiger partial charge on any atom is -0.323 e. The predicted octanol–water partition coefficient (Wildman–Crippen LogP) is 2.33. The van der Waals surface area contributed by atoms with E-state index in [0.29, 0.717) is 6.04 Å². The average molecular weight is 275 g/mol. The fourth-order valence-corrected chi connectivity index (χ4v) is 3.00. The van der Waals surface area contributed by atoms with E-state index in [2.05, 4.69) is 55.8 Å². The zero-order valence-corrected chi connectivity index (χ0v) is 13.4. The van der Waals surface area contributed by atoms with Crippen molar-refractivity contribution in [3.63, 3.8) is 0 Å². The normalized spacial score (nSPS) is 22.9. The standard InChI is InChI=1S/C17H29N3/c1-5-16-11-20(9-8-19(16)4)12-17(18)15-7-6-13(2)14(3)10-15/h6-7,10,16-17H,5,8-9,11-12,18H2,1-4H3. The van der Waals surface area contributed by atoms with Crippen LogP contribution in [-0.2, 0) is 0 Å². The van der Waals surface area contributed by atoms with Crippen molar-refractivity contribution in [1.29, 1.82) is 0 Å². The molecule has 1 saturated heterocycles. The Balaban J connectivity index is 1.97. The smallest absolute Gasteiger partial charge is 0.0424 e. The fourth-order valence-electron chi connectivity index (χ4n) is 3.00. The van der Waals surface area contributed by atoms with Crippen LogP contribution in [0.4, 0.5) is 0 Å². The van der Waals surface area contributed by atoms with E-state index in [0.717, 1.165) is 26.2 Å². The Kier molecular flexibility index (Phi) is 5.19. The summed E-state index contributed by atoms with van der Waals surface area (Å²) in [5, 5.41) is 0. The maximum atomic E-state index is 6.41. The van der Waals surface area contributed by atoms with Crippen LogP contribution in [0.5, 0.6) is 0 Å². The molecule has 0 spiro atoms. The van der Waals surface area contributed by atoms with Gasteiger partial charge in [0.2, 0.25) is 0 Å². The van der Waals surface area contributed by atoms with Crippen LogP contribution in [0.15, 0.2) is 18.2 Å². The third kappa shape index (κ3) is 3.60. The monoisotopic (exact) mass is 275 g/mol. The first kappa shape index (κ1) is 15.5. The van der Waals surface area contributed by atoms with E-state index in [1.54, 1.807) is 0 Å². The third-order valence-electron chi connectivity index (χ3n) is 4.75. The number of likely N-dealkylation sites (N-methyl/N-ethyl adjacent to an activating group) is 1. The molecule has 0 aromatic heterocycles. The number of hydrogen-bond donors (Lipinski definition) is 1. The Morgan fingerprint density at radius 2 is 2.00 bits per heavy atom. The second-order valence-electron chi connectivity index (χ2n) is 6.25. The quantitative estimate of drug-likeness (QED) is 0.915. The van der Waals surface area contributed by atoms with Gasteiger partial charge in [-0.1, -0.05) is 25.1 Å². The van der Waals surface area contributed by atoms with Gasteiger partial charge < -0.3 is 10.6 Å². The molecule has 1 fully saturated rings. The molecule has 0 saturated carbocycles. The SMILES string of the molecule is CCC1CN(CC(N)c2ccc(C)c(C)c2)CCN1C. The highest BCUT2D eigenvalue weighted by molar-refractivity contribution is 5.31. The summed E-state index contributed by atoms with van der Waals surface area (Å²) in [6.45, 7) is 11.0. The molecule has 0 amide bonds. The molecule has 2 atom stereocenters. The van der Waals surface area contributed by atoms with Crippen molar-refractivity contribution in [3.8, 4) is 0 Å². The second-order valence-corrected chi connectivity index (χ2v) is 6.25. The number of aryl methyl sites for hydroxylation is 2. The summed E-state index contributed by atoms with van der Waals surface area (Å²) in [5.41, 5.74) is 10.4. The first-order chi connectivity index (χ1) is 9.51. The average Bonchev–Trinajstić information content (AvgIpc) is 2.43. The van der Waals surface area contributed by atoms with Crippen LogP contribution < -0.4 is 5.73 Å². The number of rotatable bonds is 4. The van der Waals surface area contributed by atoms with Gasteiger partial charge in [-0.05, 0) is 44.0 Å². The summed E-state index contributed by atoms with van der Waals surface area (Å²) in [7, 11) is 2.23. The highest BCUT2D eigenvalue weighted by Crippen LogP contribution is 2.18. The van der Waals surface area contributed by atoms with Gasteiger partial charge in [0, 0.05) is 38.3 Å². The Labute approximate surface area is 123 Å². The van der Waals surface area contributed by atoms with Gasteiger partial charge in [-0.15, -0.1) is 0 Å². The Hall–Kier alpha value is -0.900. The molecule has 2 N–H and O–H groups in total. The van der Waals surface area contributed by atoms with Crippen LogP contribution in [-0.4, -0.2) is 49.1 Å². The summed E-state index contributed by atoms with van der Waals surface area (Å²) in [4.78, 5) is 4.99. The highest BCUT2D eigenvalue weighted by atomic mass is 15.3. The Morgan fingerprint density at radius 1 is 1.25 bits per heavy atom. The molecule has 2 rings (SSSR count). The van der Waals surface area contributed by atoms with Crippen molar-refractivity contribution < 1.29 is 0 Å². The zero-order valence-electron chi connectivity index (χ0n) is 13.4. The van der Waals surface area contributed by atoms with E-state index < -0.39 is 0 Å². The number of piperazine rings is 1. The van der Waals surface area contributed by atoms with Gasteiger partial charge >= 0.3 is 0 Å². The summed E-state index contributed by atoms with van der Waals surface area (Å²) < 4.78 is 0. The molecule has 1 heterocycles. The first-order valence-corrected chi connectivity index (χ1v) is 7.76. The largest absolute Gasteiger partial charge is 0.323 e. The van der Waals surface area contributed by atoms with Gasteiger partial charge in [0.05, 0.1) is 0 Å². The number of benzene rings is 1. The van der Waals surface area contributed by atoms with Crippen molar-refractivity contribution in [2.75, 3.05) is 33.2 Å². The van der Waals surface area contributed by atoms with Crippen LogP contribution in [0.1, 0.15) is 36.1 Å². The predicted molar refractivity (Wildman–Crippen MR) is 86.0 cm³/mol. The molecule has 3 nitrogen and oxygen atoms in total. The van der Waals surface area contributed by atoms with Crippen LogP contribution in [0.25, 0.3) is 0 Å². The van der Waals surface area contributed by atoms with Crippen molar-refractivity contribution >= 4 is 0 Å². The fraction of sp³-hybridized carbons (Fsp3) is 0.647. The van der Waals surface area contributed by atoms with Crippen molar-refractivity contribution in [1.82, 2.24) is 9.80 Å². The lowest BCUT2D eigenvalue weighted by molar-refractivity contribution is 0.0890. The molecule has 112 valence electrons. The lowest BCUT2D eigenvalue weighted by Crippen LogP contribution is -2.52. The topological polar surface area (TPSA) is 32.5 Å². The Bertz CT molecular complexity index is 444. The highest BCUT2D eigenvalue weighted by Gasteiger charge is 2.24. The molecule has 20 heavy (non-hydrogen) atoms. The minimum absolute atomic E-state index is 0.121. The summed E-state index contributed by atoms with van der Waals surface area (Å²) >= 11 is 0.